The molecule has 5 nitrogen and oxygen atoms in total. The van der Waals surface area contributed by atoms with Gasteiger partial charge in [0.15, 0.2) is 5.96 Å². The molecule has 1 heterocycles. The Kier molecular flexibility index (Phi) is 9.15. The van der Waals surface area contributed by atoms with Crippen molar-refractivity contribution in [2.45, 2.75) is 20.3 Å². The molecule has 1 fully saturated rings. The highest BCUT2D eigenvalue weighted by Gasteiger charge is 2.33. The summed E-state index contributed by atoms with van der Waals surface area (Å²) in [6.45, 7) is 8.21. The molecule has 2 rings (SSSR count). The Morgan fingerprint density at radius 2 is 2.12 bits per heavy atom. The number of ether oxygens (including phenoxy) is 2. The van der Waals surface area contributed by atoms with E-state index in [1.165, 1.54) is 0 Å². The highest BCUT2D eigenvalue weighted by molar-refractivity contribution is 14.0. The lowest BCUT2D eigenvalue weighted by molar-refractivity contribution is -0.0945. The van der Waals surface area contributed by atoms with Crippen LogP contribution in [0.4, 0.5) is 0 Å². The number of aliphatic imine (C=N–C) groups is 1. The molecule has 0 atom stereocenters. The monoisotopic (exact) mass is 467 g/mol. The van der Waals surface area contributed by atoms with E-state index in [9.17, 15) is 0 Å². The largest absolute Gasteiger partial charge is 0.497 e. The molecule has 24 heavy (non-hydrogen) atoms. The van der Waals surface area contributed by atoms with Crippen LogP contribution in [-0.2, 0) is 11.2 Å². The second-order valence-corrected chi connectivity index (χ2v) is 6.54. The first kappa shape index (κ1) is 21.3. The summed E-state index contributed by atoms with van der Waals surface area (Å²) in [6, 6.07) is 5.77. The first-order valence-electron chi connectivity index (χ1n) is 7.99. The van der Waals surface area contributed by atoms with Gasteiger partial charge in [0.05, 0.1) is 26.9 Å². The van der Waals surface area contributed by atoms with Crippen LogP contribution in [0.15, 0.2) is 23.2 Å². The van der Waals surface area contributed by atoms with E-state index in [2.05, 4.69) is 29.5 Å². The van der Waals surface area contributed by atoms with Gasteiger partial charge in [-0.05, 0) is 31.0 Å². The molecule has 0 saturated carbocycles. The van der Waals surface area contributed by atoms with Crippen LogP contribution >= 0.6 is 35.6 Å². The summed E-state index contributed by atoms with van der Waals surface area (Å²) in [5.74, 6) is 1.61. The van der Waals surface area contributed by atoms with E-state index in [1.807, 2.05) is 18.2 Å². The first-order valence-corrected chi connectivity index (χ1v) is 8.36. The van der Waals surface area contributed by atoms with Crippen molar-refractivity contribution in [2.24, 2.45) is 10.4 Å². The maximum atomic E-state index is 6.26. The molecule has 1 aliphatic heterocycles. The summed E-state index contributed by atoms with van der Waals surface area (Å²) in [6.07, 6.45) is 0.827. The van der Waals surface area contributed by atoms with Gasteiger partial charge in [-0.3, -0.25) is 4.99 Å². The fraction of sp³-hybridized carbons (Fsp3) is 0.588. The van der Waals surface area contributed by atoms with Crippen LogP contribution in [0.1, 0.15) is 19.4 Å². The van der Waals surface area contributed by atoms with Crippen LogP contribution in [0.2, 0.25) is 5.02 Å². The number of nitrogens with one attached hydrogen (secondary N) is 2. The van der Waals surface area contributed by atoms with Crippen molar-refractivity contribution in [3.05, 3.63) is 28.8 Å². The van der Waals surface area contributed by atoms with Crippen LogP contribution in [0.25, 0.3) is 0 Å². The van der Waals surface area contributed by atoms with Gasteiger partial charge in [-0.25, -0.2) is 0 Å². The quantitative estimate of drug-likeness (QED) is 0.368. The van der Waals surface area contributed by atoms with Crippen molar-refractivity contribution in [1.29, 1.82) is 0 Å². The lowest BCUT2D eigenvalue weighted by atomic mass is 9.89. The zero-order chi connectivity index (χ0) is 16.7. The van der Waals surface area contributed by atoms with Gasteiger partial charge < -0.3 is 20.1 Å². The Hall–Kier alpha value is -0.730. The van der Waals surface area contributed by atoms with E-state index in [-0.39, 0.29) is 29.4 Å². The Morgan fingerprint density at radius 3 is 2.67 bits per heavy atom. The van der Waals surface area contributed by atoms with E-state index in [0.717, 1.165) is 61.6 Å². The van der Waals surface area contributed by atoms with Crippen LogP contribution < -0.4 is 15.4 Å². The van der Waals surface area contributed by atoms with Gasteiger partial charge in [-0.1, -0.05) is 24.6 Å². The topological polar surface area (TPSA) is 54.9 Å². The van der Waals surface area contributed by atoms with Gasteiger partial charge in [0.25, 0.3) is 0 Å². The number of benzene rings is 1. The Bertz CT molecular complexity index is 551. The molecule has 1 aromatic rings. The third-order valence-electron chi connectivity index (χ3n) is 3.81. The highest BCUT2D eigenvalue weighted by atomic mass is 127. The number of rotatable bonds is 7. The molecule has 2 N–H and O–H groups in total. The van der Waals surface area contributed by atoms with Crippen LogP contribution in [0.5, 0.6) is 5.75 Å². The molecule has 0 aliphatic carbocycles. The van der Waals surface area contributed by atoms with Crippen molar-refractivity contribution in [2.75, 3.05) is 40.0 Å². The third kappa shape index (κ3) is 6.29. The van der Waals surface area contributed by atoms with Crippen LogP contribution in [-0.4, -0.2) is 45.9 Å². The number of hydrogen-bond donors (Lipinski definition) is 2. The number of halogens is 2. The molecule has 0 bridgehead atoms. The molecule has 1 aliphatic rings. The van der Waals surface area contributed by atoms with Crippen LogP contribution in [0.3, 0.4) is 0 Å². The van der Waals surface area contributed by atoms with Gasteiger partial charge in [0.1, 0.15) is 5.75 Å². The Morgan fingerprint density at radius 1 is 1.38 bits per heavy atom. The summed E-state index contributed by atoms with van der Waals surface area (Å²) in [5.41, 5.74) is 1.27. The molecular formula is C17H27ClIN3O2. The average molecular weight is 468 g/mol. The van der Waals surface area contributed by atoms with Crippen molar-refractivity contribution in [1.82, 2.24) is 10.6 Å². The molecule has 0 aromatic heterocycles. The summed E-state index contributed by atoms with van der Waals surface area (Å²) in [4.78, 5) is 4.65. The fourth-order valence-corrected chi connectivity index (χ4v) is 2.59. The average Bonchev–Trinajstić information content (AvgIpc) is 2.52. The maximum absolute atomic E-state index is 6.26. The van der Waals surface area contributed by atoms with E-state index >= 15 is 0 Å². The molecule has 0 unspecified atom stereocenters. The van der Waals surface area contributed by atoms with E-state index in [1.54, 1.807) is 7.11 Å². The van der Waals surface area contributed by atoms with E-state index in [4.69, 9.17) is 21.1 Å². The van der Waals surface area contributed by atoms with Gasteiger partial charge in [-0.2, -0.15) is 0 Å². The smallest absolute Gasteiger partial charge is 0.191 e. The zero-order valence-electron chi connectivity index (χ0n) is 14.5. The molecule has 7 heteroatoms. The second kappa shape index (κ2) is 10.3. The van der Waals surface area contributed by atoms with Crippen molar-refractivity contribution in [3.63, 3.8) is 0 Å². The summed E-state index contributed by atoms with van der Waals surface area (Å²) >= 11 is 6.26. The third-order valence-corrected chi connectivity index (χ3v) is 4.16. The number of guanidine groups is 1. The minimum atomic E-state index is 0. The minimum absolute atomic E-state index is 0. The van der Waals surface area contributed by atoms with Gasteiger partial charge >= 0.3 is 0 Å². The van der Waals surface area contributed by atoms with Crippen LogP contribution in [0, 0.1) is 5.41 Å². The first-order chi connectivity index (χ1) is 11.1. The molecular weight excluding hydrogens is 441 g/mol. The molecule has 136 valence electrons. The fourth-order valence-electron chi connectivity index (χ4n) is 2.33. The van der Waals surface area contributed by atoms with Crippen molar-refractivity contribution < 1.29 is 9.47 Å². The summed E-state index contributed by atoms with van der Waals surface area (Å²) in [5, 5.41) is 7.35. The predicted octanol–water partition coefficient (Wildman–Crippen LogP) is 3.10. The van der Waals surface area contributed by atoms with E-state index < -0.39 is 0 Å². The molecule has 1 saturated heterocycles. The number of methoxy groups -OCH3 is 1. The Balaban J connectivity index is 0.00000288. The predicted molar refractivity (Wildman–Crippen MR) is 110 cm³/mol. The molecule has 0 radical (unpaired) electrons. The molecule has 0 spiro atoms. The molecule has 0 amide bonds. The van der Waals surface area contributed by atoms with E-state index in [0.29, 0.717) is 0 Å². The van der Waals surface area contributed by atoms with Gasteiger partial charge in [-0.15, -0.1) is 24.0 Å². The summed E-state index contributed by atoms with van der Waals surface area (Å²) in [7, 11) is 1.64. The minimum Gasteiger partial charge on any atom is -0.497 e. The van der Waals surface area contributed by atoms with Gasteiger partial charge in [0.2, 0.25) is 0 Å². The summed E-state index contributed by atoms with van der Waals surface area (Å²) < 4.78 is 10.4. The lowest BCUT2D eigenvalue weighted by Gasteiger charge is -2.36. The van der Waals surface area contributed by atoms with Crippen molar-refractivity contribution in [3.8, 4) is 5.75 Å². The zero-order valence-corrected chi connectivity index (χ0v) is 17.6. The van der Waals surface area contributed by atoms with Gasteiger partial charge in [0, 0.05) is 23.5 Å². The number of nitrogens with zero attached hydrogens (tertiary/aromatic N) is 1. The normalized spacial score (nSPS) is 15.9. The highest BCUT2D eigenvalue weighted by Crippen LogP contribution is 2.26. The SMILES string of the molecule is CCNC(=NCC1(C)COC1)NCCc1ccc(OC)cc1Cl.I. The second-order valence-electron chi connectivity index (χ2n) is 6.13. The lowest BCUT2D eigenvalue weighted by Crippen LogP contribution is -2.44. The standard InChI is InChI=1S/C17H26ClN3O2.HI/c1-4-19-16(21-10-17(2)11-23-12-17)20-8-7-13-5-6-14(22-3)9-15(13)18;/h5-6,9H,4,7-8,10-12H2,1-3H3,(H2,19,20,21);1H. The van der Waals surface area contributed by atoms with Crippen molar-refractivity contribution >= 4 is 41.5 Å². The maximum Gasteiger partial charge on any atom is 0.191 e. The molecule has 1 aromatic carbocycles. The Labute approximate surface area is 166 Å². The number of hydrogen-bond acceptors (Lipinski definition) is 3.